The number of rotatable bonds is 5. The Bertz CT molecular complexity index is 973. The summed E-state index contributed by atoms with van der Waals surface area (Å²) in [5.74, 6) is -1.62. The van der Waals surface area contributed by atoms with Crippen LogP contribution in [0.4, 0.5) is 8.78 Å². The molecule has 0 fully saturated rings. The van der Waals surface area contributed by atoms with Gasteiger partial charge in [-0.05, 0) is 24.3 Å². The van der Waals surface area contributed by atoms with E-state index < -0.39 is 31.5 Å². The van der Waals surface area contributed by atoms with E-state index in [1.165, 1.54) is 25.2 Å². The minimum atomic E-state index is -4.04. The van der Waals surface area contributed by atoms with Gasteiger partial charge in [0, 0.05) is 31.5 Å². The monoisotopic (exact) mass is 375 g/mol. The summed E-state index contributed by atoms with van der Waals surface area (Å²) >= 11 is 0. The molecule has 130 valence electrons. The molecule has 0 saturated carbocycles. The van der Waals surface area contributed by atoms with Crippen molar-refractivity contribution in [3.05, 3.63) is 59.7 Å². The van der Waals surface area contributed by atoms with Gasteiger partial charge in [-0.15, -0.1) is 0 Å². The van der Waals surface area contributed by atoms with E-state index in [0.29, 0.717) is 6.07 Å². The highest BCUT2D eigenvalue weighted by Gasteiger charge is 2.23. The van der Waals surface area contributed by atoms with Crippen LogP contribution in [0.5, 0.6) is 0 Å². The van der Waals surface area contributed by atoms with Crippen molar-refractivity contribution in [2.75, 3.05) is 13.3 Å². The Kier molecular flexibility index (Phi) is 5.07. The Morgan fingerprint density at radius 3 is 2.17 bits per heavy atom. The molecule has 0 aliphatic rings. The molecule has 0 radical (unpaired) electrons. The van der Waals surface area contributed by atoms with E-state index in [4.69, 9.17) is 0 Å². The Morgan fingerprint density at radius 2 is 1.58 bits per heavy atom. The Balaban J connectivity index is 2.36. The fraction of sp³-hybridized carbons (Fsp3) is 0.200. The summed E-state index contributed by atoms with van der Waals surface area (Å²) in [6.45, 7) is -0.322. The molecule has 0 bridgehead atoms. The van der Waals surface area contributed by atoms with Crippen LogP contribution in [0.15, 0.2) is 52.3 Å². The van der Waals surface area contributed by atoms with E-state index in [-0.39, 0.29) is 21.9 Å². The minimum Gasteiger partial charge on any atom is -0.224 e. The van der Waals surface area contributed by atoms with Gasteiger partial charge in [-0.1, -0.05) is 12.1 Å². The third kappa shape index (κ3) is 3.97. The summed E-state index contributed by atoms with van der Waals surface area (Å²) in [7, 11) is -6.38. The number of hydrogen-bond acceptors (Lipinski definition) is 4. The van der Waals surface area contributed by atoms with Crippen molar-refractivity contribution in [1.82, 2.24) is 4.31 Å². The van der Waals surface area contributed by atoms with Gasteiger partial charge in [-0.25, -0.2) is 25.6 Å². The van der Waals surface area contributed by atoms with Crippen LogP contribution in [0.2, 0.25) is 0 Å². The Morgan fingerprint density at radius 1 is 0.958 bits per heavy atom. The fourth-order valence-electron chi connectivity index (χ4n) is 2.02. The number of benzene rings is 2. The zero-order valence-electron chi connectivity index (χ0n) is 12.9. The average Bonchev–Trinajstić information content (AvgIpc) is 2.49. The molecule has 0 aliphatic heterocycles. The van der Waals surface area contributed by atoms with Crippen molar-refractivity contribution in [3.8, 4) is 0 Å². The predicted octanol–water partition coefficient (Wildman–Crippen LogP) is 2.19. The molecule has 0 aliphatic carbocycles. The van der Waals surface area contributed by atoms with Gasteiger partial charge < -0.3 is 0 Å². The highest BCUT2D eigenvalue weighted by molar-refractivity contribution is 7.91. The minimum absolute atomic E-state index is 0.00161. The second-order valence-corrected chi connectivity index (χ2v) is 9.30. The summed E-state index contributed by atoms with van der Waals surface area (Å²) in [6.07, 6.45) is 0.969. The van der Waals surface area contributed by atoms with E-state index in [1.807, 2.05) is 0 Å². The lowest BCUT2D eigenvalue weighted by molar-refractivity contribution is 0.454. The standard InChI is InChI=1S/C15H15F2NO4S2/c1-18(10-11-6-7-12(16)8-15(11)17)24(21,22)14-5-3-4-13(9-14)23(2,19)20/h3-9H,10H2,1-2H3. The molecule has 24 heavy (non-hydrogen) atoms. The van der Waals surface area contributed by atoms with Crippen molar-refractivity contribution in [1.29, 1.82) is 0 Å². The van der Waals surface area contributed by atoms with Gasteiger partial charge in [0.05, 0.1) is 9.79 Å². The summed E-state index contributed by atoms with van der Waals surface area (Å²) in [4.78, 5) is -0.361. The van der Waals surface area contributed by atoms with Crippen LogP contribution in [0.3, 0.4) is 0 Å². The molecule has 0 atom stereocenters. The van der Waals surface area contributed by atoms with Crippen LogP contribution >= 0.6 is 0 Å². The van der Waals surface area contributed by atoms with Crippen molar-refractivity contribution in [3.63, 3.8) is 0 Å². The summed E-state index contributed by atoms with van der Waals surface area (Å²) in [5, 5.41) is 0. The van der Waals surface area contributed by atoms with Crippen molar-refractivity contribution >= 4 is 19.9 Å². The smallest absolute Gasteiger partial charge is 0.224 e. The molecule has 2 rings (SSSR count). The van der Waals surface area contributed by atoms with E-state index in [1.54, 1.807) is 0 Å². The van der Waals surface area contributed by atoms with E-state index >= 15 is 0 Å². The predicted molar refractivity (Wildman–Crippen MR) is 84.6 cm³/mol. The van der Waals surface area contributed by atoms with Crippen molar-refractivity contribution < 1.29 is 25.6 Å². The lowest BCUT2D eigenvalue weighted by atomic mass is 10.2. The zero-order valence-corrected chi connectivity index (χ0v) is 14.5. The van der Waals surface area contributed by atoms with Gasteiger partial charge in [-0.2, -0.15) is 4.31 Å². The Hall–Kier alpha value is -1.84. The highest BCUT2D eigenvalue weighted by atomic mass is 32.2. The topological polar surface area (TPSA) is 71.5 Å². The van der Waals surface area contributed by atoms with Crippen LogP contribution in [0, 0.1) is 11.6 Å². The fourth-order valence-corrected chi connectivity index (χ4v) is 3.96. The van der Waals surface area contributed by atoms with Gasteiger partial charge in [-0.3, -0.25) is 0 Å². The maximum Gasteiger partial charge on any atom is 0.243 e. The van der Waals surface area contributed by atoms with Gasteiger partial charge in [0.2, 0.25) is 10.0 Å². The number of nitrogens with zero attached hydrogens (tertiary/aromatic N) is 1. The van der Waals surface area contributed by atoms with Gasteiger partial charge in [0.15, 0.2) is 9.84 Å². The SMILES string of the molecule is CN(Cc1ccc(F)cc1F)S(=O)(=O)c1cccc(S(C)(=O)=O)c1. The van der Waals surface area contributed by atoms with Gasteiger partial charge in [0.25, 0.3) is 0 Å². The number of sulfonamides is 1. The van der Waals surface area contributed by atoms with Crippen LogP contribution in [0.25, 0.3) is 0 Å². The summed E-state index contributed by atoms with van der Waals surface area (Å²) in [6, 6.07) is 7.75. The normalized spacial score (nSPS) is 12.5. The summed E-state index contributed by atoms with van der Waals surface area (Å²) in [5.41, 5.74) is 0.00161. The largest absolute Gasteiger partial charge is 0.243 e. The first kappa shape index (κ1) is 18.5. The van der Waals surface area contributed by atoms with Crippen molar-refractivity contribution in [2.24, 2.45) is 0 Å². The average molecular weight is 375 g/mol. The molecule has 0 heterocycles. The second-order valence-electron chi connectivity index (χ2n) is 5.24. The molecule has 0 N–H and O–H groups in total. The lowest BCUT2D eigenvalue weighted by Gasteiger charge is -2.18. The van der Waals surface area contributed by atoms with Gasteiger partial charge in [0.1, 0.15) is 11.6 Å². The molecule has 2 aromatic rings. The molecule has 0 saturated heterocycles. The highest BCUT2D eigenvalue weighted by Crippen LogP contribution is 2.21. The molecule has 0 amide bonds. The number of sulfone groups is 1. The zero-order chi connectivity index (χ0) is 18.1. The molecule has 0 unspecified atom stereocenters. The van der Waals surface area contributed by atoms with Crippen LogP contribution in [-0.4, -0.2) is 34.4 Å². The summed E-state index contributed by atoms with van der Waals surface area (Å²) < 4.78 is 75.6. The molecule has 0 spiro atoms. The van der Waals surface area contributed by atoms with E-state index in [2.05, 4.69) is 0 Å². The quantitative estimate of drug-likeness (QED) is 0.803. The van der Waals surface area contributed by atoms with E-state index in [0.717, 1.165) is 28.8 Å². The molecule has 2 aromatic carbocycles. The van der Waals surface area contributed by atoms with E-state index in [9.17, 15) is 25.6 Å². The first-order valence-electron chi connectivity index (χ1n) is 6.72. The number of hydrogen-bond donors (Lipinski definition) is 0. The molecule has 9 heteroatoms. The first-order valence-corrected chi connectivity index (χ1v) is 10.1. The third-order valence-electron chi connectivity index (χ3n) is 3.35. The molecule has 0 aromatic heterocycles. The maximum atomic E-state index is 13.7. The third-order valence-corrected chi connectivity index (χ3v) is 6.26. The second kappa shape index (κ2) is 6.58. The van der Waals surface area contributed by atoms with Crippen LogP contribution < -0.4 is 0 Å². The van der Waals surface area contributed by atoms with Crippen molar-refractivity contribution in [2.45, 2.75) is 16.3 Å². The maximum absolute atomic E-state index is 13.7. The molecular weight excluding hydrogens is 360 g/mol. The van der Waals surface area contributed by atoms with Crippen LogP contribution in [0.1, 0.15) is 5.56 Å². The lowest BCUT2D eigenvalue weighted by Crippen LogP contribution is -2.27. The Labute approximate surface area is 139 Å². The first-order chi connectivity index (χ1) is 11.0. The molecule has 5 nitrogen and oxygen atoms in total. The molecular formula is C15H15F2NO4S2. The van der Waals surface area contributed by atoms with Crippen LogP contribution in [-0.2, 0) is 26.4 Å². The van der Waals surface area contributed by atoms with Gasteiger partial charge >= 0.3 is 0 Å². The number of halogens is 2.